The van der Waals surface area contributed by atoms with Crippen LogP contribution >= 0.6 is 0 Å². The number of carbonyl (C=O) groups excluding carboxylic acids is 3. The average molecular weight is 708 g/mol. The summed E-state index contributed by atoms with van der Waals surface area (Å²) in [7, 11) is 1.27. The molecule has 5 aromatic rings. The zero-order valence-electron chi connectivity index (χ0n) is 30.5. The average Bonchev–Trinajstić information content (AvgIpc) is 3.46. The zero-order valence-corrected chi connectivity index (χ0v) is 30.5. The molecule has 1 aliphatic heterocycles. The Morgan fingerprint density at radius 2 is 1.85 bits per heavy atom. The maximum atomic E-state index is 13.0. The second-order valence-electron chi connectivity index (χ2n) is 14.7. The molecule has 13 heteroatoms. The van der Waals surface area contributed by atoms with Crippen LogP contribution in [0.2, 0.25) is 0 Å². The van der Waals surface area contributed by atoms with Crippen molar-refractivity contribution >= 4 is 39.9 Å². The van der Waals surface area contributed by atoms with Gasteiger partial charge in [-0.1, -0.05) is 32.0 Å². The van der Waals surface area contributed by atoms with Crippen molar-refractivity contribution in [2.24, 2.45) is 5.92 Å². The minimum atomic E-state index is -0.638. The molecule has 13 nitrogen and oxygen atoms in total. The number of hydrogen-bond acceptors (Lipinski definition) is 8. The van der Waals surface area contributed by atoms with Crippen LogP contribution in [0.4, 0.5) is 9.59 Å². The molecule has 52 heavy (non-hydrogen) atoms. The van der Waals surface area contributed by atoms with Gasteiger partial charge in [0, 0.05) is 23.5 Å². The van der Waals surface area contributed by atoms with Crippen LogP contribution < -0.4 is 10.1 Å². The number of aromatic amines is 2. The number of nitrogens with zero attached hydrogens (tertiary/aromatic N) is 4. The van der Waals surface area contributed by atoms with Crippen molar-refractivity contribution in [2.75, 3.05) is 20.2 Å². The first kappa shape index (κ1) is 34.8. The summed E-state index contributed by atoms with van der Waals surface area (Å²) in [5.74, 6) is 2.36. The van der Waals surface area contributed by atoms with E-state index < -0.39 is 11.7 Å². The monoisotopic (exact) mass is 707 g/mol. The Morgan fingerprint density at radius 1 is 1.04 bits per heavy atom. The molecule has 3 amide bonds. The Bertz CT molecular complexity index is 2170. The van der Waals surface area contributed by atoms with E-state index in [1.54, 1.807) is 16.0 Å². The smallest absolute Gasteiger partial charge is 0.410 e. The van der Waals surface area contributed by atoms with Crippen LogP contribution in [0.3, 0.4) is 0 Å². The number of fused-ring (bicyclic) bond motifs is 6. The van der Waals surface area contributed by atoms with E-state index in [2.05, 4.69) is 68.3 Å². The Morgan fingerprint density at radius 3 is 2.58 bits per heavy atom. The van der Waals surface area contributed by atoms with Crippen LogP contribution in [0.15, 0.2) is 48.7 Å². The van der Waals surface area contributed by atoms with E-state index in [4.69, 9.17) is 14.5 Å². The molecule has 7 rings (SSSR count). The lowest BCUT2D eigenvalue weighted by Gasteiger charge is -2.26. The summed E-state index contributed by atoms with van der Waals surface area (Å²) in [4.78, 5) is 57.2. The van der Waals surface area contributed by atoms with Gasteiger partial charge in [-0.3, -0.25) is 4.79 Å². The lowest BCUT2D eigenvalue weighted by molar-refractivity contribution is -0.131. The number of hydrogen-bond donors (Lipinski definition) is 3. The summed E-state index contributed by atoms with van der Waals surface area (Å²) in [5, 5.41) is 4.49. The fourth-order valence-electron chi connectivity index (χ4n) is 6.79. The molecule has 2 atom stereocenters. The van der Waals surface area contributed by atoms with Gasteiger partial charge >= 0.3 is 12.2 Å². The van der Waals surface area contributed by atoms with Crippen LogP contribution in [0, 0.1) is 5.92 Å². The van der Waals surface area contributed by atoms with Crippen LogP contribution in [-0.2, 0) is 34.0 Å². The highest BCUT2D eigenvalue weighted by atomic mass is 16.6. The van der Waals surface area contributed by atoms with E-state index in [9.17, 15) is 14.4 Å². The second-order valence-corrected chi connectivity index (χ2v) is 14.7. The predicted octanol–water partition coefficient (Wildman–Crippen LogP) is 6.91. The highest BCUT2D eigenvalue weighted by molar-refractivity contribution is 6.07. The van der Waals surface area contributed by atoms with Crippen molar-refractivity contribution in [3.05, 3.63) is 65.9 Å². The van der Waals surface area contributed by atoms with Gasteiger partial charge in [0.2, 0.25) is 5.91 Å². The number of ether oxygens (including phenoxy) is 3. The predicted molar refractivity (Wildman–Crippen MR) is 196 cm³/mol. The van der Waals surface area contributed by atoms with Gasteiger partial charge in [0.15, 0.2) is 0 Å². The molecule has 1 fully saturated rings. The fourth-order valence-corrected chi connectivity index (χ4v) is 6.79. The van der Waals surface area contributed by atoms with Crippen LogP contribution in [0.5, 0.6) is 5.75 Å². The van der Waals surface area contributed by atoms with E-state index in [1.807, 2.05) is 33.8 Å². The van der Waals surface area contributed by atoms with Crippen molar-refractivity contribution in [1.82, 2.24) is 35.1 Å². The SMILES string of the molecule is CCCN(Cc1nc2c(ccc3cc4c(cc32)OCc2cc(-c3cnc(CN(C(=O)CNC(=O)OC)[C@@H]5C[C@@H]5C)[nH]3)ccc2-4)[nH]1)C(=O)OC(C)(C)C. The third kappa shape index (κ3) is 7.25. The van der Waals surface area contributed by atoms with Crippen molar-refractivity contribution in [3.63, 3.8) is 0 Å². The van der Waals surface area contributed by atoms with E-state index in [0.29, 0.717) is 43.8 Å². The van der Waals surface area contributed by atoms with Gasteiger partial charge in [0.25, 0.3) is 0 Å². The highest BCUT2D eigenvalue weighted by Gasteiger charge is 2.40. The number of rotatable bonds is 10. The number of nitrogens with one attached hydrogen (secondary N) is 3. The third-order valence-corrected chi connectivity index (χ3v) is 9.50. The van der Waals surface area contributed by atoms with Gasteiger partial charge in [-0.15, -0.1) is 0 Å². The number of benzene rings is 3. The number of carbonyl (C=O) groups is 3. The first-order chi connectivity index (χ1) is 24.9. The fraction of sp³-hybridized carbons (Fsp3) is 0.410. The first-order valence-electron chi connectivity index (χ1n) is 17.8. The summed E-state index contributed by atoms with van der Waals surface area (Å²) in [6.45, 7) is 11.2. The molecule has 0 saturated heterocycles. The number of amides is 3. The zero-order chi connectivity index (χ0) is 36.7. The minimum Gasteiger partial charge on any atom is -0.488 e. The Kier molecular flexibility index (Phi) is 9.28. The maximum Gasteiger partial charge on any atom is 0.410 e. The van der Waals surface area contributed by atoms with Gasteiger partial charge in [0.1, 0.15) is 36.2 Å². The number of imidazole rings is 2. The molecule has 3 aromatic carbocycles. The molecule has 0 spiro atoms. The summed E-state index contributed by atoms with van der Waals surface area (Å²) < 4.78 is 16.6. The Balaban J connectivity index is 1.10. The van der Waals surface area contributed by atoms with Crippen molar-refractivity contribution in [3.8, 4) is 28.1 Å². The summed E-state index contributed by atoms with van der Waals surface area (Å²) in [5.41, 5.74) is 6.09. The van der Waals surface area contributed by atoms with E-state index in [0.717, 1.165) is 68.3 Å². The maximum absolute atomic E-state index is 13.0. The molecule has 2 aromatic heterocycles. The number of alkyl carbamates (subject to hydrolysis) is 1. The molecule has 0 unspecified atom stereocenters. The highest BCUT2D eigenvalue weighted by Crippen LogP contribution is 2.42. The van der Waals surface area contributed by atoms with Gasteiger partial charge in [0.05, 0.1) is 43.1 Å². The summed E-state index contributed by atoms with van der Waals surface area (Å²) >= 11 is 0. The Hall–Kier alpha value is -5.59. The first-order valence-corrected chi connectivity index (χ1v) is 17.8. The lowest BCUT2D eigenvalue weighted by Crippen LogP contribution is -2.41. The van der Waals surface area contributed by atoms with Gasteiger partial charge < -0.3 is 39.3 Å². The van der Waals surface area contributed by atoms with Crippen LogP contribution in [-0.4, -0.2) is 79.7 Å². The molecule has 3 N–H and O–H groups in total. The van der Waals surface area contributed by atoms with Crippen molar-refractivity contribution in [1.29, 1.82) is 0 Å². The van der Waals surface area contributed by atoms with E-state index in [1.165, 1.54) is 7.11 Å². The van der Waals surface area contributed by atoms with Crippen LogP contribution in [0.25, 0.3) is 44.2 Å². The topological polar surface area (TPSA) is 155 Å². The molecule has 1 saturated carbocycles. The van der Waals surface area contributed by atoms with E-state index >= 15 is 0 Å². The molecule has 2 aliphatic rings. The normalized spacial score (nSPS) is 16.1. The number of H-pyrrole nitrogens is 2. The van der Waals surface area contributed by atoms with Crippen LogP contribution in [0.1, 0.15) is 64.7 Å². The standard InChI is InChI=1S/C39H45N7O6/c1-7-12-45(38(49)52-39(3,4)5)19-34-42-29-11-9-23-15-28-26-10-8-24(14-25(26)21-51-32(28)16-27(23)36(29)44-34)30-17-40-33(43-30)20-46(31-13-22(31)2)35(47)18-41-37(48)50-6/h8-11,14-17,22,31H,7,12-13,18-21H2,1-6H3,(H,40,43)(H,41,48)(H,42,44)/t22-,31+/m0/s1. The second kappa shape index (κ2) is 13.9. The molecule has 3 heterocycles. The molecule has 272 valence electrons. The minimum absolute atomic E-state index is 0.115. The summed E-state index contributed by atoms with van der Waals surface area (Å²) in [6.07, 6.45) is 2.51. The van der Waals surface area contributed by atoms with Crippen molar-refractivity contribution in [2.45, 2.75) is 78.8 Å². The third-order valence-electron chi connectivity index (χ3n) is 9.50. The molecular weight excluding hydrogens is 662 g/mol. The summed E-state index contributed by atoms with van der Waals surface area (Å²) in [6, 6.07) is 14.7. The molecule has 0 radical (unpaired) electrons. The van der Waals surface area contributed by atoms with Crippen molar-refractivity contribution < 1.29 is 28.6 Å². The molecule has 1 aliphatic carbocycles. The van der Waals surface area contributed by atoms with Gasteiger partial charge in [-0.2, -0.15) is 0 Å². The van der Waals surface area contributed by atoms with Gasteiger partial charge in [-0.25, -0.2) is 19.6 Å². The lowest BCUT2D eigenvalue weighted by atomic mass is 9.92. The largest absolute Gasteiger partial charge is 0.488 e. The molecule has 0 bridgehead atoms. The van der Waals surface area contributed by atoms with Gasteiger partial charge in [-0.05, 0) is 85.9 Å². The number of methoxy groups -OCH3 is 1. The van der Waals surface area contributed by atoms with E-state index in [-0.39, 0.29) is 24.6 Å². The Labute approximate surface area is 302 Å². The molecular formula is C39H45N7O6. The quantitative estimate of drug-likeness (QED) is 0.142. The number of aromatic nitrogens is 4.